The molecule has 6 atom stereocenters. The topological polar surface area (TPSA) is 226 Å². The summed E-state index contributed by atoms with van der Waals surface area (Å²) in [6.07, 6.45) is -0.983. The van der Waals surface area contributed by atoms with E-state index in [1.54, 1.807) is 55.5 Å². The number of benzene rings is 3. The van der Waals surface area contributed by atoms with Crippen molar-refractivity contribution >= 4 is 46.6 Å². The molecule has 3 aromatic carbocycles. The zero-order valence-electron chi connectivity index (χ0n) is 32.4. The van der Waals surface area contributed by atoms with Crippen LogP contribution in [0, 0.1) is 22.0 Å². The Balaban J connectivity index is 0.000000233. The molecule has 2 N–H and O–H groups in total. The zero-order chi connectivity index (χ0) is 41.3. The fourth-order valence-electron chi connectivity index (χ4n) is 7.78. The molecule has 7 rings (SSSR count). The van der Waals surface area contributed by atoms with Crippen molar-refractivity contribution in [2.45, 2.75) is 64.8 Å². The van der Waals surface area contributed by atoms with E-state index in [9.17, 15) is 49.4 Å². The third kappa shape index (κ3) is 8.29. The van der Waals surface area contributed by atoms with Gasteiger partial charge in [0.2, 0.25) is 11.8 Å². The average molecular weight is 806 g/mol. The fourth-order valence-corrected chi connectivity index (χ4v) is 7.78. The van der Waals surface area contributed by atoms with Crippen LogP contribution in [0.15, 0.2) is 84.2 Å². The SMILES string of the molecule is CCOc1ccc(C2=C(C(=O)OC(=O)c3ccc([N+](=O)[O-])cc3)N3C(=O)[C@H]([C@@H](C)O)[C@H]3C2)cc1.CCOc1ccc(C2=C(C(=O)[O-])N3C(=O)[C@H]([C@@H](C)O)[C@H]3C2)cc1.[Na+]. The van der Waals surface area contributed by atoms with E-state index in [0.29, 0.717) is 54.3 Å². The summed E-state index contributed by atoms with van der Waals surface area (Å²) < 4.78 is 15.9. The Labute approximate surface area is 355 Å². The number of hydrogen-bond donors (Lipinski definition) is 2. The van der Waals surface area contributed by atoms with Gasteiger partial charge in [-0.3, -0.25) is 19.7 Å². The van der Waals surface area contributed by atoms with Crippen molar-refractivity contribution in [1.29, 1.82) is 0 Å². The number of β-lactam (4-membered cyclic amide) rings is 2. The minimum Gasteiger partial charge on any atom is -0.543 e. The number of esters is 2. The monoisotopic (exact) mass is 805 g/mol. The summed E-state index contributed by atoms with van der Waals surface area (Å²) >= 11 is 0. The van der Waals surface area contributed by atoms with Gasteiger partial charge in [-0.1, -0.05) is 24.3 Å². The average Bonchev–Trinajstić information content (AvgIpc) is 3.70. The van der Waals surface area contributed by atoms with Crippen LogP contribution in [0.25, 0.3) is 11.1 Å². The second kappa shape index (κ2) is 18.0. The number of nitro benzene ring substituents is 1. The quantitative estimate of drug-likeness (QED) is 0.0608. The van der Waals surface area contributed by atoms with Gasteiger partial charge in [-0.2, -0.15) is 0 Å². The molecule has 4 aliphatic heterocycles. The maximum Gasteiger partial charge on any atom is 1.00 e. The molecule has 58 heavy (non-hydrogen) atoms. The Hall–Kier alpha value is -5.39. The minimum absolute atomic E-state index is 0. The molecule has 0 spiro atoms. The molecule has 2 saturated heterocycles. The Bertz CT molecular complexity index is 2170. The first-order valence-corrected chi connectivity index (χ1v) is 18.4. The third-order valence-electron chi connectivity index (χ3n) is 10.4. The van der Waals surface area contributed by atoms with Gasteiger partial charge in [0.25, 0.3) is 5.69 Å². The molecule has 17 heteroatoms. The van der Waals surface area contributed by atoms with Crippen LogP contribution in [-0.4, -0.2) is 92.2 Å². The third-order valence-corrected chi connectivity index (χ3v) is 10.4. The van der Waals surface area contributed by atoms with Crippen molar-refractivity contribution in [2.24, 2.45) is 11.8 Å². The molecule has 0 aliphatic carbocycles. The number of carboxylic acids is 1. The van der Waals surface area contributed by atoms with E-state index in [2.05, 4.69) is 0 Å². The van der Waals surface area contributed by atoms with E-state index in [1.165, 1.54) is 28.9 Å². The molecular formula is C41H40N3NaO13. The molecule has 16 nitrogen and oxygen atoms in total. The van der Waals surface area contributed by atoms with Gasteiger partial charge in [-0.15, -0.1) is 0 Å². The molecule has 4 aliphatic rings. The fraction of sp³-hybridized carbons (Fsp3) is 0.341. The van der Waals surface area contributed by atoms with Crippen LogP contribution < -0.4 is 44.1 Å². The summed E-state index contributed by atoms with van der Waals surface area (Å²) in [5.41, 5.74) is 2.07. The van der Waals surface area contributed by atoms with Gasteiger partial charge in [-0.25, -0.2) is 9.59 Å². The molecule has 4 heterocycles. The van der Waals surface area contributed by atoms with Crippen molar-refractivity contribution in [3.05, 3.63) is 111 Å². The predicted molar refractivity (Wildman–Crippen MR) is 198 cm³/mol. The Kier molecular flexibility index (Phi) is 13.6. The van der Waals surface area contributed by atoms with Crippen molar-refractivity contribution in [1.82, 2.24) is 9.80 Å². The van der Waals surface area contributed by atoms with E-state index in [4.69, 9.17) is 14.2 Å². The first kappa shape index (κ1) is 43.7. The van der Waals surface area contributed by atoms with Gasteiger partial charge < -0.3 is 44.1 Å². The Morgan fingerprint density at radius 1 is 0.724 bits per heavy atom. The summed E-state index contributed by atoms with van der Waals surface area (Å²) in [5, 5.41) is 42.1. The number of amides is 2. The van der Waals surface area contributed by atoms with E-state index in [1.807, 2.05) is 13.8 Å². The maximum atomic E-state index is 13.1. The van der Waals surface area contributed by atoms with E-state index >= 15 is 0 Å². The molecule has 0 aromatic heterocycles. The number of aliphatic carboxylic acids is 1. The number of aliphatic hydroxyl groups is 2. The number of carboxylic acid groups (broad SMARTS) is 1. The largest absolute Gasteiger partial charge is 1.00 e. The van der Waals surface area contributed by atoms with Gasteiger partial charge in [0.1, 0.15) is 17.2 Å². The maximum absolute atomic E-state index is 13.1. The summed E-state index contributed by atoms with van der Waals surface area (Å²) in [4.78, 5) is 74.7. The standard InChI is InChI=1S/C24H22N2O8.C17H19NO5.Na/c1-3-33-17-10-6-14(7-11-17)18-12-19-20(13(2)27)22(28)25(19)21(18)24(30)34-23(29)15-4-8-16(9-5-15)26(31)32;1-3-23-11-6-4-10(5-7-11)12-8-13-14(9(2)19)16(20)18(13)15(12)17(21)22;/h4-11,13,19-20,27H,3,12H2,1-2H3;4-7,9,13-14,19H,3,8H2,1-2H3,(H,21,22);/q;;+1/p-1/t13-,19-,20-;9-,13-,14-;/m11./s1. The first-order valence-electron chi connectivity index (χ1n) is 18.4. The summed E-state index contributed by atoms with van der Waals surface area (Å²) in [6, 6.07) is 17.9. The normalized spacial score (nSPS) is 21.3. The summed E-state index contributed by atoms with van der Waals surface area (Å²) in [5.74, 6) is -4.02. The van der Waals surface area contributed by atoms with Crippen LogP contribution in [-0.2, 0) is 23.9 Å². The van der Waals surface area contributed by atoms with E-state index in [-0.39, 0.29) is 64.2 Å². The first-order chi connectivity index (χ1) is 27.2. The van der Waals surface area contributed by atoms with Gasteiger partial charge >= 0.3 is 41.5 Å². The van der Waals surface area contributed by atoms with Gasteiger partial charge in [0.05, 0.1) is 71.5 Å². The number of fused-ring (bicyclic) bond motifs is 2. The zero-order valence-corrected chi connectivity index (χ0v) is 34.4. The van der Waals surface area contributed by atoms with Crippen molar-refractivity contribution in [3.63, 3.8) is 0 Å². The van der Waals surface area contributed by atoms with Gasteiger partial charge in [0, 0.05) is 12.1 Å². The van der Waals surface area contributed by atoms with Crippen LogP contribution in [0.5, 0.6) is 11.5 Å². The number of nitro groups is 1. The van der Waals surface area contributed by atoms with Crippen LogP contribution in [0.3, 0.4) is 0 Å². The predicted octanol–water partition coefficient (Wildman–Crippen LogP) is -0.138. The van der Waals surface area contributed by atoms with E-state index < -0.39 is 58.8 Å². The van der Waals surface area contributed by atoms with Gasteiger partial charge in [0.15, 0.2) is 0 Å². The summed E-state index contributed by atoms with van der Waals surface area (Å²) in [6.45, 7) is 7.85. The van der Waals surface area contributed by atoms with Crippen LogP contribution in [0.1, 0.15) is 62.0 Å². The second-order valence-electron chi connectivity index (χ2n) is 13.8. The van der Waals surface area contributed by atoms with Gasteiger partial charge in [-0.05, 0) is 99.2 Å². The van der Waals surface area contributed by atoms with Crippen molar-refractivity contribution in [3.8, 4) is 11.5 Å². The number of non-ortho nitro benzene ring substituents is 1. The Morgan fingerprint density at radius 2 is 1.14 bits per heavy atom. The van der Waals surface area contributed by atoms with Crippen molar-refractivity contribution in [2.75, 3.05) is 13.2 Å². The summed E-state index contributed by atoms with van der Waals surface area (Å²) in [7, 11) is 0. The van der Waals surface area contributed by atoms with Crippen LogP contribution in [0.2, 0.25) is 0 Å². The second-order valence-corrected chi connectivity index (χ2v) is 13.8. The van der Waals surface area contributed by atoms with Crippen LogP contribution >= 0.6 is 0 Å². The molecule has 2 fully saturated rings. The number of carbonyl (C=O) groups is 5. The number of nitrogens with zero attached hydrogens (tertiary/aromatic N) is 3. The molecule has 298 valence electrons. The number of ether oxygens (including phenoxy) is 3. The molecular weight excluding hydrogens is 765 g/mol. The number of carbonyl (C=O) groups excluding carboxylic acids is 5. The van der Waals surface area contributed by atoms with Crippen molar-refractivity contribution < 1.29 is 88.0 Å². The molecule has 0 bridgehead atoms. The molecule has 0 unspecified atom stereocenters. The molecule has 0 radical (unpaired) electrons. The molecule has 0 saturated carbocycles. The Morgan fingerprint density at radius 3 is 1.52 bits per heavy atom. The van der Waals surface area contributed by atoms with Crippen LogP contribution in [0.4, 0.5) is 5.69 Å². The number of hydrogen-bond acceptors (Lipinski definition) is 13. The minimum atomic E-state index is -1.37. The molecule has 2 amide bonds. The number of rotatable bonds is 12. The smallest absolute Gasteiger partial charge is 0.543 e. The number of aliphatic hydroxyl groups excluding tert-OH is 2. The molecule has 3 aromatic rings. The van der Waals surface area contributed by atoms with E-state index in [0.717, 1.165) is 17.7 Å².